The Bertz CT molecular complexity index is 1370. The summed E-state index contributed by atoms with van der Waals surface area (Å²) in [5.74, 6) is 0.207. The molecule has 6 rings (SSSR count). The minimum atomic E-state index is -0.395. The third-order valence-electron chi connectivity index (χ3n) is 8.40. The number of hydrogen-bond acceptors (Lipinski definition) is 5. The molecule has 2 aromatic carbocycles. The minimum Gasteiger partial charge on any atom is -0.369 e. The lowest BCUT2D eigenvalue weighted by Gasteiger charge is -2.38. The van der Waals surface area contributed by atoms with E-state index in [1.807, 2.05) is 64.4 Å². The Kier molecular flexibility index (Phi) is 6.49. The summed E-state index contributed by atoms with van der Waals surface area (Å²) in [6, 6.07) is 19.2. The predicted molar refractivity (Wildman–Crippen MR) is 149 cm³/mol. The molecule has 2 N–H and O–H groups in total. The van der Waals surface area contributed by atoms with Crippen LogP contribution in [0.2, 0.25) is 0 Å². The third-order valence-corrected chi connectivity index (χ3v) is 8.40. The number of carbonyl (C=O) groups excluding carboxylic acids is 2. The van der Waals surface area contributed by atoms with Gasteiger partial charge in [-0.1, -0.05) is 12.1 Å². The van der Waals surface area contributed by atoms with Crippen molar-refractivity contribution in [3.05, 3.63) is 82.8 Å². The Morgan fingerprint density at radius 1 is 0.737 bits per heavy atom. The molecule has 8 nitrogen and oxygen atoms in total. The van der Waals surface area contributed by atoms with E-state index >= 15 is 0 Å². The number of rotatable bonds is 4. The van der Waals surface area contributed by atoms with Crippen molar-refractivity contribution in [2.75, 3.05) is 55.6 Å². The van der Waals surface area contributed by atoms with Crippen LogP contribution in [0.25, 0.3) is 11.1 Å². The number of nitrogens with zero attached hydrogens (tertiary/aromatic N) is 3. The number of piperidine rings is 1. The van der Waals surface area contributed by atoms with Crippen molar-refractivity contribution in [2.45, 2.75) is 19.3 Å². The monoisotopic (exact) mass is 511 g/mol. The number of piperazine rings is 1. The second kappa shape index (κ2) is 10.1. The first-order valence-corrected chi connectivity index (χ1v) is 13.5. The molecule has 1 spiro atoms. The van der Waals surface area contributed by atoms with Crippen LogP contribution in [-0.2, 0) is 4.79 Å². The van der Waals surface area contributed by atoms with Gasteiger partial charge in [0.15, 0.2) is 0 Å². The molecule has 3 aliphatic rings. The molecule has 4 heterocycles. The van der Waals surface area contributed by atoms with Gasteiger partial charge >= 0.3 is 0 Å². The van der Waals surface area contributed by atoms with E-state index in [2.05, 4.69) is 15.2 Å². The molecule has 0 unspecified atom stereocenters. The molecule has 8 heteroatoms. The number of aromatic nitrogens is 1. The average Bonchev–Trinajstić information content (AvgIpc) is 3.28. The molecule has 0 atom stereocenters. The van der Waals surface area contributed by atoms with Gasteiger partial charge in [-0.05, 0) is 72.9 Å². The molecule has 3 aliphatic heterocycles. The standard InChI is InChI=1S/C30H33N5O3/c36-27-21-24(9-13-32-27)22-1-7-26(8-2-22)35-18-12-30(29(35)38)10-16-34(17-11-30)28(37)23-3-5-25(6-4-23)33-19-14-31-15-20-33/h1-9,13,21,31H,10-12,14-20H2,(H,32,36). The number of H-pyrrole nitrogens is 1. The molecule has 3 saturated heterocycles. The molecule has 3 fully saturated rings. The van der Waals surface area contributed by atoms with Crippen molar-refractivity contribution in [3.8, 4) is 11.1 Å². The van der Waals surface area contributed by atoms with Gasteiger partial charge in [0.05, 0.1) is 5.41 Å². The minimum absolute atomic E-state index is 0.0457. The lowest BCUT2D eigenvalue weighted by molar-refractivity contribution is -0.127. The number of hydrogen-bond donors (Lipinski definition) is 2. The van der Waals surface area contributed by atoms with E-state index in [9.17, 15) is 14.4 Å². The van der Waals surface area contributed by atoms with E-state index in [-0.39, 0.29) is 17.4 Å². The summed E-state index contributed by atoms with van der Waals surface area (Å²) in [6.45, 7) is 5.79. The Labute approximate surface area is 222 Å². The number of pyridine rings is 1. The van der Waals surface area contributed by atoms with Crippen molar-refractivity contribution >= 4 is 23.2 Å². The van der Waals surface area contributed by atoms with Gasteiger partial charge in [-0.15, -0.1) is 0 Å². The number of anilines is 2. The summed E-state index contributed by atoms with van der Waals surface area (Å²) < 4.78 is 0. The highest BCUT2D eigenvalue weighted by Crippen LogP contribution is 2.43. The van der Waals surface area contributed by atoms with Gasteiger partial charge in [0.25, 0.3) is 5.91 Å². The Balaban J connectivity index is 1.08. The van der Waals surface area contributed by atoms with Crippen LogP contribution in [-0.4, -0.2) is 67.5 Å². The first-order valence-electron chi connectivity index (χ1n) is 13.5. The second-order valence-corrected chi connectivity index (χ2v) is 10.6. The lowest BCUT2D eigenvalue weighted by atomic mass is 9.77. The molecule has 0 radical (unpaired) electrons. The van der Waals surface area contributed by atoms with E-state index in [4.69, 9.17) is 0 Å². The van der Waals surface area contributed by atoms with Crippen molar-refractivity contribution in [1.82, 2.24) is 15.2 Å². The zero-order valence-corrected chi connectivity index (χ0v) is 21.5. The molecule has 3 aromatic rings. The summed E-state index contributed by atoms with van der Waals surface area (Å²) in [7, 11) is 0. The van der Waals surface area contributed by atoms with Gasteiger partial charge in [0.2, 0.25) is 11.5 Å². The van der Waals surface area contributed by atoms with E-state index in [1.54, 1.807) is 12.3 Å². The van der Waals surface area contributed by atoms with Gasteiger partial charge in [-0.25, -0.2) is 0 Å². The number of benzene rings is 2. The highest BCUT2D eigenvalue weighted by atomic mass is 16.2. The zero-order chi connectivity index (χ0) is 26.1. The van der Waals surface area contributed by atoms with Crippen LogP contribution < -0.4 is 20.7 Å². The predicted octanol–water partition coefficient (Wildman–Crippen LogP) is 3.11. The number of aromatic amines is 1. The largest absolute Gasteiger partial charge is 0.369 e. The molecule has 38 heavy (non-hydrogen) atoms. The fraction of sp³-hybridized carbons (Fsp3) is 0.367. The highest BCUT2D eigenvalue weighted by molar-refractivity contribution is 6.00. The summed E-state index contributed by atoms with van der Waals surface area (Å²) in [6.07, 6.45) is 3.83. The first kappa shape index (κ1) is 24.4. The highest BCUT2D eigenvalue weighted by Gasteiger charge is 2.49. The average molecular weight is 512 g/mol. The third kappa shape index (κ3) is 4.60. The van der Waals surface area contributed by atoms with E-state index in [0.717, 1.165) is 55.1 Å². The van der Waals surface area contributed by atoms with E-state index in [1.165, 1.54) is 0 Å². The van der Waals surface area contributed by atoms with Gasteiger partial charge in [0, 0.05) is 75.0 Å². The van der Waals surface area contributed by atoms with Gasteiger partial charge < -0.3 is 25.0 Å². The number of likely N-dealkylation sites (tertiary alicyclic amines) is 1. The first-order chi connectivity index (χ1) is 18.5. The molecular formula is C30H33N5O3. The number of carbonyl (C=O) groups is 2. The van der Waals surface area contributed by atoms with Gasteiger partial charge in [-0.2, -0.15) is 0 Å². The Morgan fingerprint density at radius 2 is 1.39 bits per heavy atom. The number of nitrogens with one attached hydrogen (secondary N) is 2. The lowest BCUT2D eigenvalue weighted by Crippen LogP contribution is -2.46. The number of amides is 2. The molecule has 1 aromatic heterocycles. The second-order valence-electron chi connectivity index (χ2n) is 10.6. The molecule has 0 saturated carbocycles. The molecular weight excluding hydrogens is 478 g/mol. The van der Waals surface area contributed by atoms with Crippen LogP contribution in [0.4, 0.5) is 11.4 Å². The Morgan fingerprint density at radius 3 is 2.08 bits per heavy atom. The van der Waals surface area contributed by atoms with Crippen LogP contribution in [0, 0.1) is 5.41 Å². The normalized spacial score (nSPS) is 19.3. The van der Waals surface area contributed by atoms with Crippen LogP contribution in [0.5, 0.6) is 0 Å². The fourth-order valence-electron chi connectivity index (χ4n) is 6.05. The summed E-state index contributed by atoms with van der Waals surface area (Å²) >= 11 is 0. The van der Waals surface area contributed by atoms with Gasteiger partial charge in [-0.3, -0.25) is 14.4 Å². The van der Waals surface area contributed by atoms with Crippen LogP contribution in [0.3, 0.4) is 0 Å². The fourth-order valence-corrected chi connectivity index (χ4v) is 6.05. The van der Waals surface area contributed by atoms with E-state index < -0.39 is 5.41 Å². The van der Waals surface area contributed by atoms with Crippen LogP contribution in [0.1, 0.15) is 29.6 Å². The van der Waals surface area contributed by atoms with Gasteiger partial charge in [0.1, 0.15) is 0 Å². The smallest absolute Gasteiger partial charge is 0.253 e. The van der Waals surface area contributed by atoms with Crippen LogP contribution >= 0.6 is 0 Å². The van der Waals surface area contributed by atoms with E-state index in [0.29, 0.717) is 38.0 Å². The zero-order valence-electron chi connectivity index (χ0n) is 21.5. The van der Waals surface area contributed by atoms with Crippen molar-refractivity contribution < 1.29 is 9.59 Å². The maximum atomic E-state index is 13.6. The SMILES string of the molecule is O=C(c1ccc(N2CCNCC2)cc1)N1CCC2(CC1)CCN(c1ccc(-c3cc[nH]c(=O)c3)cc1)C2=O. The molecule has 2 amide bonds. The quantitative estimate of drug-likeness (QED) is 0.562. The van der Waals surface area contributed by atoms with Crippen molar-refractivity contribution in [3.63, 3.8) is 0 Å². The topological polar surface area (TPSA) is 88.8 Å². The molecule has 196 valence electrons. The molecule has 0 bridgehead atoms. The maximum Gasteiger partial charge on any atom is 0.253 e. The van der Waals surface area contributed by atoms with Crippen molar-refractivity contribution in [1.29, 1.82) is 0 Å². The Hall–Kier alpha value is -3.91. The molecule has 0 aliphatic carbocycles. The van der Waals surface area contributed by atoms with Crippen LogP contribution in [0.15, 0.2) is 71.7 Å². The summed E-state index contributed by atoms with van der Waals surface area (Å²) in [4.78, 5) is 47.2. The van der Waals surface area contributed by atoms with Crippen molar-refractivity contribution in [2.24, 2.45) is 5.41 Å². The summed E-state index contributed by atoms with van der Waals surface area (Å²) in [5, 5.41) is 3.36. The maximum absolute atomic E-state index is 13.6. The summed E-state index contributed by atoms with van der Waals surface area (Å²) in [5.41, 5.74) is 3.99.